The number of amides is 2. The summed E-state index contributed by atoms with van der Waals surface area (Å²) in [5.74, 6) is 0.418. The number of hydrogen-bond donors (Lipinski definition) is 1. The van der Waals surface area contributed by atoms with Gasteiger partial charge in [0.2, 0.25) is 0 Å². The van der Waals surface area contributed by atoms with Crippen molar-refractivity contribution in [2.24, 2.45) is 5.92 Å². The highest BCUT2D eigenvalue weighted by Crippen LogP contribution is 2.17. The van der Waals surface area contributed by atoms with Crippen molar-refractivity contribution >= 4 is 11.8 Å². The summed E-state index contributed by atoms with van der Waals surface area (Å²) in [6, 6.07) is -0.00509. The van der Waals surface area contributed by atoms with Crippen LogP contribution >= 0.6 is 0 Å². The van der Waals surface area contributed by atoms with Crippen LogP contribution in [0.15, 0.2) is 0 Å². The Kier molecular flexibility index (Phi) is 3.92. The zero-order valence-corrected chi connectivity index (χ0v) is 8.88. The Balaban J connectivity index is 2.35. The number of carbonyl (C=O) groups is 2. The van der Waals surface area contributed by atoms with Gasteiger partial charge in [0.25, 0.3) is 0 Å². The molecule has 0 aliphatic carbocycles. The Labute approximate surface area is 84.7 Å². The standard InChI is InChI=1S/C10H18N2O2/c1-3-11-10(14)12-6-4-9(5-7-12)8(2)13/h9H,3-7H2,1-2H3,(H,11,14). The molecule has 1 aliphatic rings. The molecule has 1 saturated heterocycles. The largest absolute Gasteiger partial charge is 0.338 e. The third-order valence-electron chi connectivity index (χ3n) is 2.69. The summed E-state index contributed by atoms with van der Waals surface area (Å²) in [5, 5.41) is 2.76. The zero-order valence-electron chi connectivity index (χ0n) is 8.88. The minimum absolute atomic E-state index is 0.00509. The van der Waals surface area contributed by atoms with E-state index in [-0.39, 0.29) is 17.7 Å². The van der Waals surface area contributed by atoms with Crippen LogP contribution in [-0.4, -0.2) is 36.3 Å². The van der Waals surface area contributed by atoms with E-state index in [4.69, 9.17) is 0 Å². The van der Waals surface area contributed by atoms with Gasteiger partial charge >= 0.3 is 6.03 Å². The van der Waals surface area contributed by atoms with E-state index in [1.54, 1.807) is 11.8 Å². The van der Waals surface area contributed by atoms with Crippen LogP contribution in [0, 0.1) is 5.92 Å². The Hall–Kier alpha value is -1.06. The highest BCUT2D eigenvalue weighted by molar-refractivity contribution is 5.79. The molecule has 0 aromatic rings. The second-order valence-electron chi connectivity index (χ2n) is 3.71. The van der Waals surface area contributed by atoms with Crippen molar-refractivity contribution in [1.82, 2.24) is 10.2 Å². The monoisotopic (exact) mass is 198 g/mol. The summed E-state index contributed by atoms with van der Waals surface area (Å²) in [6.45, 7) is 5.60. The number of likely N-dealkylation sites (tertiary alicyclic amines) is 1. The molecule has 2 amide bonds. The first-order valence-corrected chi connectivity index (χ1v) is 5.18. The molecule has 0 aromatic carbocycles. The fraction of sp³-hybridized carbons (Fsp3) is 0.800. The lowest BCUT2D eigenvalue weighted by Gasteiger charge is -2.30. The van der Waals surface area contributed by atoms with Crippen molar-refractivity contribution in [2.75, 3.05) is 19.6 Å². The Morgan fingerprint density at radius 2 is 1.93 bits per heavy atom. The van der Waals surface area contributed by atoms with Crippen LogP contribution in [0.3, 0.4) is 0 Å². The van der Waals surface area contributed by atoms with Crippen molar-refractivity contribution < 1.29 is 9.59 Å². The van der Waals surface area contributed by atoms with Crippen molar-refractivity contribution in [3.05, 3.63) is 0 Å². The van der Waals surface area contributed by atoms with Crippen LogP contribution in [0.2, 0.25) is 0 Å². The molecular formula is C10H18N2O2. The van der Waals surface area contributed by atoms with Gasteiger partial charge in [-0.15, -0.1) is 0 Å². The fourth-order valence-electron chi connectivity index (χ4n) is 1.75. The molecule has 0 atom stereocenters. The molecule has 4 heteroatoms. The SMILES string of the molecule is CCNC(=O)N1CCC(C(C)=O)CC1. The average Bonchev–Trinajstić information content (AvgIpc) is 2.18. The number of ketones is 1. The van der Waals surface area contributed by atoms with Gasteiger partial charge in [0.1, 0.15) is 5.78 Å². The first-order valence-electron chi connectivity index (χ1n) is 5.18. The lowest BCUT2D eigenvalue weighted by Crippen LogP contribution is -2.45. The molecule has 0 radical (unpaired) electrons. The molecule has 80 valence electrons. The van der Waals surface area contributed by atoms with Crippen molar-refractivity contribution in [3.63, 3.8) is 0 Å². The molecule has 14 heavy (non-hydrogen) atoms. The first kappa shape index (κ1) is 11.0. The molecule has 0 aromatic heterocycles. The van der Waals surface area contributed by atoms with Crippen molar-refractivity contribution in [2.45, 2.75) is 26.7 Å². The molecule has 4 nitrogen and oxygen atoms in total. The third-order valence-corrected chi connectivity index (χ3v) is 2.69. The lowest BCUT2D eigenvalue weighted by molar-refractivity contribution is -0.121. The average molecular weight is 198 g/mol. The van der Waals surface area contributed by atoms with Gasteiger partial charge in [-0.25, -0.2) is 4.79 Å². The maximum Gasteiger partial charge on any atom is 0.317 e. The van der Waals surface area contributed by atoms with Crippen LogP contribution in [0.4, 0.5) is 4.79 Å². The fourth-order valence-corrected chi connectivity index (χ4v) is 1.75. The van der Waals surface area contributed by atoms with E-state index >= 15 is 0 Å². The molecule has 1 fully saturated rings. The smallest absolute Gasteiger partial charge is 0.317 e. The van der Waals surface area contributed by atoms with Gasteiger partial charge in [-0.05, 0) is 26.7 Å². The van der Waals surface area contributed by atoms with Crippen LogP contribution < -0.4 is 5.32 Å². The summed E-state index contributed by atoms with van der Waals surface area (Å²) >= 11 is 0. The lowest BCUT2D eigenvalue weighted by atomic mass is 9.93. The summed E-state index contributed by atoms with van der Waals surface area (Å²) in [4.78, 5) is 24.3. The zero-order chi connectivity index (χ0) is 10.6. The predicted molar refractivity (Wildman–Crippen MR) is 54.1 cm³/mol. The van der Waals surface area contributed by atoms with Crippen LogP contribution in [0.5, 0.6) is 0 Å². The number of hydrogen-bond acceptors (Lipinski definition) is 2. The molecule has 1 aliphatic heterocycles. The Bertz CT molecular complexity index is 220. The van der Waals surface area contributed by atoms with E-state index in [2.05, 4.69) is 5.32 Å². The Morgan fingerprint density at radius 3 is 2.36 bits per heavy atom. The molecule has 1 N–H and O–H groups in total. The number of Topliss-reactive ketones (excluding diaryl/α,β-unsaturated/α-hetero) is 1. The highest BCUT2D eigenvalue weighted by atomic mass is 16.2. The van der Waals surface area contributed by atoms with Gasteiger partial charge in [0.05, 0.1) is 0 Å². The number of urea groups is 1. The van der Waals surface area contributed by atoms with Crippen LogP contribution in [-0.2, 0) is 4.79 Å². The molecule has 0 saturated carbocycles. The Morgan fingerprint density at radius 1 is 1.36 bits per heavy atom. The third kappa shape index (κ3) is 2.72. The van der Waals surface area contributed by atoms with Gasteiger partial charge < -0.3 is 10.2 Å². The second-order valence-corrected chi connectivity index (χ2v) is 3.71. The molecular weight excluding hydrogens is 180 g/mol. The predicted octanol–water partition coefficient (Wildman–Crippen LogP) is 1.02. The number of nitrogens with zero attached hydrogens (tertiary/aromatic N) is 1. The summed E-state index contributed by atoms with van der Waals surface area (Å²) in [7, 11) is 0. The summed E-state index contributed by atoms with van der Waals surface area (Å²) in [6.07, 6.45) is 1.62. The van der Waals surface area contributed by atoms with Crippen LogP contribution in [0.25, 0.3) is 0 Å². The van der Waals surface area contributed by atoms with Crippen molar-refractivity contribution in [1.29, 1.82) is 0 Å². The second kappa shape index (κ2) is 4.98. The molecule has 0 unspecified atom stereocenters. The van der Waals surface area contributed by atoms with Gasteiger partial charge in [0.15, 0.2) is 0 Å². The summed E-state index contributed by atoms with van der Waals surface area (Å²) in [5.41, 5.74) is 0. The molecule has 1 heterocycles. The van der Waals surface area contributed by atoms with Crippen LogP contribution in [0.1, 0.15) is 26.7 Å². The number of carbonyl (C=O) groups excluding carboxylic acids is 2. The van der Waals surface area contributed by atoms with E-state index in [1.165, 1.54) is 0 Å². The van der Waals surface area contributed by atoms with E-state index in [1.807, 2.05) is 6.92 Å². The topological polar surface area (TPSA) is 49.4 Å². The van der Waals surface area contributed by atoms with E-state index in [0.29, 0.717) is 19.6 Å². The highest BCUT2D eigenvalue weighted by Gasteiger charge is 2.24. The number of piperidine rings is 1. The van der Waals surface area contributed by atoms with Gasteiger partial charge in [0, 0.05) is 25.6 Å². The van der Waals surface area contributed by atoms with Gasteiger partial charge in [-0.2, -0.15) is 0 Å². The maximum absolute atomic E-state index is 11.4. The molecule has 1 rings (SSSR count). The van der Waals surface area contributed by atoms with Gasteiger partial charge in [-0.1, -0.05) is 0 Å². The first-order chi connectivity index (χ1) is 6.65. The minimum Gasteiger partial charge on any atom is -0.338 e. The van der Waals surface area contributed by atoms with E-state index in [0.717, 1.165) is 12.8 Å². The quantitative estimate of drug-likeness (QED) is 0.720. The van der Waals surface area contributed by atoms with E-state index in [9.17, 15) is 9.59 Å². The molecule has 0 bridgehead atoms. The summed E-state index contributed by atoms with van der Waals surface area (Å²) < 4.78 is 0. The van der Waals surface area contributed by atoms with Crippen molar-refractivity contribution in [3.8, 4) is 0 Å². The van der Waals surface area contributed by atoms with E-state index < -0.39 is 0 Å². The number of nitrogens with one attached hydrogen (secondary N) is 1. The maximum atomic E-state index is 11.4. The van der Waals surface area contributed by atoms with Gasteiger partial charge in [-0.3, -0.25) is 4.79 Å². The normalized spacial score (nSPS) is 18.0. The molecule has 0 spiro atoms. The number of rotatable bonds is 2. The minimum atomic E-state index is -0.00509.